The van der Waals surface area contributed by atoms with E-state index in [1.807, 2.05) is 24.3 Å². The summed E-state index contributed by atoms with van der Waals surface area (Å²) in [6.45, 7) is 6.98. The fourth-order valence-corrected chi connectivity index (χ4v) is 4.11. The van der Waals surface area contributed by atoms with Crippen molar-refractivity contribution in [2.45, 2.75) is 32.6 Å². The van der Waals surface area contributed by atoms with E-state index in [9.17, 15) is 4.39 Å². The number of hydrogen-bond donors (Lipinski definition) is 1. The second-order valence-corrected chi connectivity index (χ2v) is 8.96. The maximum atomic E-state index is 14.7. The van der Waals surface area contributed by atoms with Crippen LogP contribution in [0.15, 0.2) is 42.6 Å². The van der Waals surface area contributed by atoms with Crippen molar-refractivity contribution in [3.8, 4) is 11.5 Å². The minimum atomic E-state index is -0.272. The summed E-state index contributed by atoms with van der Waals surface area (Å²) < 4.78 is 26.5. The average Bonchev–Trinajstić information content (AvgIpc) is 2.79. The van der Waals surface area contributed by atoms with Gasteiger partial charge in [-0.25, -0.2) is 4.39 Å². The van der Waals surface area contributed by atoms with Crippen LogP contribution >= 0.6 is 0 Å². The number of fused-ring (bicyclic) bond motifs is 1. The highest BCUT2D eigenvalue weighted by Crippen LogP contribution is 2.36. The standard InChI is InChI=1S/C26H32FN3O2/c1-17(2)19-5-6-23(21(27)13-19)29-22-7-10-28-24-15-26(25(31-4)14-20(22)24)32-16-18-8-11-30(3)12-9-18/h5-7,10,13-15,17-18H,8-9,11-12,16H2,1-4H3,(H,28,29). The summed E-state index contributed by atoms with van der Waals surface area (Å²) in [7, 11) is 3.79. The first-order valence-corrected chi connectivity index (χ1v) is 11.3. The van der Waals surface area contributed by atoms with Gasteiger partial charge in [0.05, 0.1) is 24.9 Å². The number of piperidine rings is 1. The van der Waals surface area contributed by atoms with Gasteiger partial charge in [-0.05, 0) is 74.6 Å². The lowest BCUT2D eigenvalue weighted by atomic mass is 9.98. The van der Waals surface area contributed by atoms with Gasteiger partial charge in [-0.15, -0.1) is 0 Å². The zero-order valence-electron chi connectivity index (χ0n) is 19.3. The highest BCUT2D eigenvalue weighted by atomic mass is 19.1. The van der Waals surface area contributed by atoms with Crippen LogP contribution in [0.2, 0.25) is 0 Å². The van der Waals surface area contributed by atoms with Crippen molar-refractivity contribution in [2.24, 2.45) is 5.92 Å². The van der Waals surface area contributed by atoms with Crippen LogP contribution in [0.3, 0.4) is 0 Å². The second-order valence-electron chi connectivity index (χ2n) is 8.96. The van der Waals surface area contributed by atoms with E-state index in [-0.39, 0.29) is 11.7 Å². The molecule has 1 fully saturated rings. The molecule has 5 nitrogen and oxygen atoms in total. The number of nitrogens with one attached hydrogen (secondary N) is 1. The lowest BCUT2D eigenvalue weighted by Crippen LogP contribution is -2.32. The molecule has 1 saturated heterocycles. The normalized spacial score (nSPS) is 15.3. The van der Waals surface area contributed by atoms with Gasteiger partial charge in [-0.1, -0.05) is 19.9 Å². The fourth-order valence-electron chi connectivity index (χ4n) is 4.11. The number of pyridine rings is 1. The SMILES string of the molecule is COc1cc2c(Nc3ccc(C(C)C)cc3F)ccnc2cc1OCC1CCN(C)CC1. The van der Waals surface area contributed by atoms with Crippen molar-refractivity contribution in [1.29, 1.82) is 0 Å². The summed E-state index contributed by atoms with van der Waals surface area (Å²) in [5, 5.41) is 4.07. The number of aromatic nitrogens is 1. The van der Waals surface area contributed by atoms with Gasteiger partial charge < -0.3 is 19.7 Å². The van der Waals surface area contributed by atoms with Gasteiger partial charge in [-0.2, -0.15) is 0 Å². The molecule has 1 aromatic heterocycles. The Kier molecular flexibility index (Phi) is 6.80. The van der Waals surface area contributed by atoms with Gasteiger partial charge in [0, 0.05) is 23.3 Å². The molecule has 32 heavy (non-hydrogen) atoms. The van der Waals surface area contributed by atoms with Crippen LogP contribution in [0.25, 0.3) is 10.9 Å². The first kappa shape index (κ1) is 22.3. The van der Waals surface area contributed by atoms with Crippen LogP contribution < -0.4 is 14.8 Å². The number of methoxy groups -OCH3 is 1. The number of halogens is 1. The molecule has 0 unspecified atom stereocenters. The Bertz CT molecular complexity index is 1080. The van der Waals surface area contributed by atoms with Crippen molar-refractivity contribution in [2.75, 3.05) is 39.2 Å². The van der Waals surface area contributed by atoms with Crippen molar-refractivity contribution in [1.82, 2.24) is 9.88 Å². The third kappa shape index (κ3) is 4.96. The van der Waals surface area contributed by atoms with Crippen molar-refractivity contribution < 1.29 is 13.9 Å². The Morgan fingerprint density at radius 2 is 1.88 bits per heavy atom. The summed E-state index contributed by atoms with van der Waals surface area (Å²) in [6.07, 6.45) is 4.00. The molecule has 3 aromatic rings. The van der Waals surface area contributed by atoms with Gasteiger partial charge in [0.25, 0.3) is 0 Å². The Morgan fingerprint density at radius 3 is 2.56 bits per heavy atom. The lowest BCUT2D eigenvalue weighted by molar-refractivity contribution is 0.157. The number of nitrogens with zero attached hydrogens (tertiary/aromatic N) is 2. The van der Waals surface area contributed by atoms with E-state index in [2.05, 4.69) is 36.1 Å². The molecular weight excluding hydrogens is 405 g/mol. The highest BCUT2D eigenvalue weighted by molar-refractivity contribution is 5.95. The van der Waals surface area contributed by atoms with E-state index >= 15 is 0 Å². The number of hydrogen-bond acceptors (Lipinski definition) is 5. The van der Waals surface area contributed by atoms with E-state index in [1.54, 1.807) is 25.4 Å². The van der Waals surface area contributed by atoms with Crippen molar-refractivity contribution in [3.63, 3.8) is 0 Å². The summed E-state index contributed by atoms with van der Waals surface area (Å²) >= 11 is 0. The molecule has 0 atom stereocenters. The second kappa shape index (κ2) is 9.74. The zero-order valence-corrected chi connectivity index (χ0v) is 19.3. The van der Waals surface area contributed by atoms with Crippen LogP contribution in [0.5, 0.6) is 11.5 Å². The maximum absolute atomic E-state index is 14.7. The van der Waals surface area contributed by atoms with Crippen LogP contribution in [0.1, 0.15) is 38.2 Å². The summed E-state index contributed by atoms with van der Waals surface area (Å²) in [5.41, 5.74) is 2.95. The third-order valence-electron chi connectivity index (χ3n) is 6.27. The summed E-state index contributed by atoms with van der Waals surface area (Å²) in [5.74, 6) is 1.89. The van der Waals surface area contributed by atoms with E-state index in [0.29, 0.717) is 29.7 Å². The van der Waals surface area contributed by atoms with Crippen LogP contribution in [0.4, 0.5) is 15.8 Å². The molecular formula is C26H32FN3O2. The molecule has 1 aliphatic rings. The Morgan fingerprint density at radius 1 is 1.09 bits per heavy atom. The largest absolute Gasteiger partial charge is 0.493 e. The van der Waals surface area contributed by atoms with E-state index in [0.717, 1.165) is 48.1 Å². The van der Waals surface area contributed by atoms with Gasteiger partial charge in [0.1, 0.15) is 5.82 Å². The summed E-state index contributed by atoms with van der Waals surface area (Å²) in [6, 6.07) is 11.0. The number of ether oxygens (including phenoxy) is 2. The molecule has 170 valence electrons. The quantitative estimate of drug-likeness (QED) is 0.493. The molecule has 0 saturated carbocycles. The molecule has 0 spiro atoms. The van der Waals surface area contributed by atoms with Crippen molar-refractivity contribution in [3.05, 3.63) is 54.0 Å². The molecule has 4 rings (SSSR count). The molecule has 0 bridgehead atoms. The summed E-state index contributed by atoms with van der Waals surface area (Å²) in [4.78, 5) is 6.86. The average molecular weight is 438 g/mol. The predicted octanol–water partition coefficient (Wildman–Crippen LogP) is 5.97. The maximum Gasteiger partial charge on any atom is 0.163 e. The van der Waals surface area contributed by atoms with E-state index < -0.39 is 0 Å². The molecule has 0 amide bonds. The lowest BCUT2D eigenvalue weighted by Gasteiger charge is -2.28. The Balaban J connectivity index is 1.57. The van der Waals surface area contributed by atoms with Gasteiger partial charge in [0.2, 0.25) is 0 Å². The first-order valence-electron chi connectivity index (χ1n) is 11.3. The molecule has 1 N–H and O–H groups in total. The highest BCUT2D eigenvalue weighted by Gasteiger charge is 2.19. The van der Waals surface area contributed by atoms with Gasteiger partial charge >= 0.3 is 0 Å². The van der Waals surface area contributed by atoms with Crippen LogP contribution in [-0.2, 0) is 0 Å². The molecule has 2 aromatic carbocycles. The fraction of sp³-hybridized carbons (Fsp3) is 0.423. The number of anilines is 2. The van der Waals surface area contributed by atoms with Gasteiger partial charge in [0.15, 0.2) is 11.5 Å². The molecule has 0 aliphatic carbocycles. The first-order chi connectivity index (χ1) is 15.4. The minimum absolute atomic E-state index is 0.272. The number of likely N-dealkylation sites (tertiary alicyclic amines) is 1. The third-order valence-corrected chi connectivity index (χ3v) is 6.27. The Labute approximate surface area is 189 Å². The van der Waals surface area contributed by atoms with E-state index in [1.165, 1.54) is 0 Å². The van der Waals surface area contributed by atoms with Crippen LogP contribution in [0, 0.1) is 11.7 Å². The monoisotopic (exact) mass is 437 g/mol. The number of rotatable bonds is 7. The molecule has 1 aliphatic heterocycles. The topological polar surface area (TPSA) is 46.6 Å². The zero-order chi connectivity index (χ0) is 22.7. The minimum Gasteiger partial charge on any atom is -0.493 e. The number of benzene rings is 2. The van der Waals surface area contributed by atoms with E-state index in [4.69, 9.17) is 9.47 Å². The predicted molar refractivity (Wildman–Crippen MR) is 128 cm³/mol. The van der Waals surface area contributed by atoms with Crippen molar-refractivity contribution >= 4 is 22.3 Å². The molecule has 6 heteroatoms. The molecule has 0 radical (unpaired) electrons. The van der Waals surface area contributed by atoms with Crippen LogP contribution in [-0.4, -0.2) is 43.7 Å². The smallest absolute Gasteiger partial charge is 0.163 e. The van der Waals surface area contributed by atoms with Gasteiger partial charge in [-0.3, -0.25) is 4.98 Å². The molecule has 2 heterocycles. The Hall–Kier alpha value is -2.86.